The zero-order valence-corrected chi connectivity index (χ0v) is 17.9. The summed E-state index contributed by atoms with van der Waals surface area (Å²) < 4.78 is 13.1. The van der Waals surface area contributed by atoms with E-state index >= 15 is 0 Å². The Balaban J connectivity index is 0.00000155. The van der Waals surface area contributed by atoms with Crippen molar-refractivity contribution in [3.63, 3.8) is 0 Å². The average Bonchev–Trinajstić information content (AvgIpc) is 3.34. The first-order valence-electron chi connectivity index (χ1n) is 10.1. The van der Waals surface area contributed by atoms with Crippen molar-refractivity contribution in [1.82, 2.24) is 14.6 Å². The fourth-order valence-corrected chi connectivity index (χ4v) is 3.24. The number of amides is 1. The molecule has 0 aliphatic carbocycles. The van der Waals surface area contributed by atoms with Gasteiger partial charge in [0.15, 0.2) is 5.82 Å². The summed E-state index contributed by atoms with van der Waals surface area (Å²) in [7, 11) is 0. The lowest BCUT2D eigenvalue weighted by Crippen LogP contribution is -2.21. The van der Waals surface area contributed by atoms with Crippen molar-refractivity contribution >= 4 is 23.2 Å². The highest BCUT2D eigenvalue weighted by Crippen LogP contribution is 2.34. The minimum atomic E-state index is -0.213. The van der Waals surface area contributed by atoms with Gasteiger partial charge in [0.05, 0.1) is 17.7 Å². The maximum Gasteiger partial charge on any atom is 0.308 e. The monoisotopic (exact) mass is 415 g/mol. The van der Waals surface area contributed by atoms with Gasteiger partial charge in [0.25, 0.3) is 0 Å². The minimum absolute atomic E-state index is 0.0671. The van der Waals surface area contributed by atoms with Gasteiger partial charge in [-0.1, -0.05) is 27.7 Å². The molecule has 1 aliphatic heterocycles. The molecule has 0 radical (unpaired) electrons. The first-order chi connectivity index (χ1) is 14.3. The van der Waals surface area contributed by atoms with Crippen molar-refractivity contribution in [3.8, 4) is 6.57 Å². The third kappa shape index (κ3) is 5.76. The predicted octanol–water partition coefficient (Wildman–Crippen LogP) is 3.27. The molecule has 0 spiro atoms. The molecule has 2 aromatic rings. The molecule has 9 heteroatoms. The molecule has 9 nitrogen and oxygen atoms in total. The normalized spacial score (nSPS) is 18.3. The zero-order valence-electron chi connectivity index (χ0n) is 17.9. The molecule has 3 rings (SSSR count). The highest BCUT2D eigenvalue weighted by Gasteiger charge is 2.30. The number of anilines is 1. The second-order valence-corrected chi connectivity index (χ2v) is 7.92. The summed E-state index contributed by atoms with van der Waals surface area (Å²) in [6.07, 6.45) is 3.23. The number of nitriles is 1. The van der Waals surface area contributed by atoms with E-state index in [9.17, 15) is 9.59 Å². The van der Waals surface area contributed by atoms with Crippen LogP contribution in [0.3, 0.4) is 0 Å². The molecule has 30 heavy (non-hydrogen) atoms. The summed E-state index contributed by atoms with van der Waals surface area (Å²) in [5.74, 6) is 0.339. The first-order valence-corrected chi connectivity index (χ1v) is 10.1. The fourth-order valence-electron chi connectivity index (χ4n) is 3.24. The summed E-state index contributed by atoms with van der Waals surface area (Å²) in [5, 5.41) is 13.7. The Hall–Kier alpha value is -2.99. The summed E-state index contributed by atoms with van der Waals surface area (Å²) in [4.78, 5) is 28.0. The fraction of sp³-hybridized carbons (Fsp3) is 0.571. The van der Waals surface area contributed by atoms with Crippen LogP contribution in [-0.4, -0.2) is 39.2 Å². The van der Waals surface area contributed by atoms with Gasteiger partial charge in [-0.25, -0.2) is 14.8 Å². The number of esters is 1. The SMILES string of the molecule is C#N.CC(C)CC(=O)Nc1ncnn2c(C3CCC(COC(=O)C(C)C)O3)ccc12. The second kappa shape index (κ2) is 10.7. The largest absolute Gasteiger partial charge is 0.463 e. The van der Waals surface area contributed by atoms with E-state index in [1.54, 1.807) is 4.52 Å². The van der Waals surface area contributed by atoms with Gasteiger partial charge in [-0.3, -0.25) is 9.59 Å². The number of hydrogen-bond acceptors (Lipinski definition) is 7. The maximum atomic E-state index is 12.1. The van der Waals surface area contributed by atoms with Gasteiger partial charge in [-0.05, 0) is 30.9 Å². The van der Waals surface area contributed by atoms with E-state index in [0.717, 1.165) is 24.1 Å². The van der Waals surface area contributed by atoms with Gasteiger partial charge < -0.3 is 14.8 Å². The number of nitrogens with zero attached hydrogens (tertiary/aromatic N) is 4. The molecule has 0 saturated carbocycles. The van der Waals surface area contributed by atoms with Crippen molar-refractivity contribution in [3.05, 3.63) is 24.2 Å². The van der Waals surface area contributed by atoms with Crippen LogP contribution in [0.4, 0.5) is 5.82 Å². The topological polar surface area (TPSA) is 119 Å². The van der Waals surface area contributed by atoms with Gasteiger partial charge in [0.2, 0.25) is 5.91 Å². The van der Waals surface area contributed by atoms with Crippen molar-refractivity contribution in [2.24, 2.45) is 11.8 Å². The Labute approximate surface area is 176 Å². The van der Waals surface area contributed by atoms with Gasteiger partial charge in [-0.2, -0.15) is 5.10 Å². The summed E-state index contributed by atoms with van der Waals surface area (Å²) in [5.41, 5.74) is 1.63. The smallest absolute Gasteiger partial charge is 0.308 e. The van der Waals surface area contributed by atoms with Crippen LogP contribution in [0.15, 0.2) is 18.5 Å². The molecule has 1 N–H and O–H groups in total. The second-order valence-electron chi connectivity index (χ2n) is 7.92. The molecule has 3 heterocycles. The Morgan fingerprint density at radius 1 is 1.30 bits per heavy atom. The zero-order chi connectivity index (χ0) is 22.3. The number of hydrogen-bond donors (Lipinski definition) is 1. The van der Waals surface area contributed by atoms with E-state index in [-0.39, 0.29) is 42.5 Å². The standard InChI is InChI=1S/C20H28N4O4.CHN/c1-12(2)9-18(25)23-19-16-7-6-15(24(16)22-11-21-19)17-8-5-14(28-17)10-27-20(26)13(3)4;1-2/h6-7,11-14,17H,5,8-10H2,1-4H3,(H,21,22,23,25);1H. The average molecular weight is 415 g/mol. The number of aromatic nitrogens is 3. The molecule has 1 amide bonds. The van der Waals surface area contributed by atoms with Crippen molar-refractivity contribution in [1.29, 1.82) is 5.26 Å². The van der Waals surface area contributed by atoms with E-state index < -0.39 is 0 Å². The molecule has 1 saturated heterocycles. The number of nitrogens with one attached hydrogen (secondary N) is 1. The molecule has 162 valence electrons. The van der Waals surface area contributed by atoms with Crippen LogP contribution < -0.4 is 5.32 Å². The predicted molar refractivity (Wildman–Crippen MR) is 110 cm³/mol. The molecular formula is C21H29N5O4. The Kier molecular flexibility index (Phi) is 8.30. The molecule has 1 fully saturated rings. The number of carbonyl (C=O) groups is 2. The Bertz CT molecular complexity index is 890. The van der Waals surface area contributed by atoms with Crippen LogP contribution in [0.2, 0.25) is 0 Å². The Morgan fingerprint density at radius 2 is 2.03 bits per heavy atom. The van der Waals surface area contributed by atoms with Crippen molar-refractivity contribution < 1.29 is 19.1 Å². The number of fused-ring (bicyclic) bond motifs is 1. The lowest BCUT2D eigenvalue weighted by molar-refractivity contribution is -0.151. The number of ether oxygens (including phenoxy) is 2. The van der Waals surface area contributed by atoms with Crippen LogP contribution in [0.5, 0.6) is 0 Å². The van der Waals surface area contributed by atoms with Crippen LogP contribution in [-0.2, 0) is 19.1 Å². The maximum absolute atomic E-state index is 12.1. The molecule has 0 bridgehead atoms. The van der Waals surface area contributed by atoms with E-state index in [1.807, 2.05) is 39.8 Å². The molecule has 2 aromatic heterocycles. The van der Waals surface area contributed by atoms with Crippen LogP contribution >= 0.6 is 0 Å². The van der Waals surface area contributed by atoms with E-state index in [1.165, 1.54) is 6.33 Å². The molecular weight excluding hydrogens is 386 g/mol. The van der Waals surface area contributed by atoms with Crippen LogP contribution in [0.25, 0.3) is 5.52 Å². The molecule has 1 aliphatic rings. The molecule has 0 aromatic carbocycles. The number of rotatable bonds is 7. The molecule has 2 atom stereocenters. The first kappa shape index (κ1) is 23.3. The van der Waals surface area contributed by atoms with Gasteiger partial charge in [0, 0.05) is 13.0 Å². The summed E-state index contributed by atoms with van der Waals surface area (Å²) >= 11 is 0. The lowest BCUT2D eigenvalue weighted by atomic mass is 10.1. The lowest BCUT2D eigenvalue weighted by Gasteiger charge is -2.15. The van der Waals surface area contributed by atoms with Gasteiger partial charge >= 0.3 is 5.97 Å². The van der Waals surface area contributed by atoms with Crippen molar-refractivity contribution in [2.75, 3.05) is 11.9 Å². The van der Waals surface area contributed by atoms with Gasteiger partial charge in [-0.15, -0.1) is 0 Å². The third-order valence-electron chi connectivity index (χ3n) is 4.65. The molecule has 2 unspecified atom stereocenters. The summed E-state index contributed by atoms with van der Waals surface area (Å²) in [6.45, 7) is 11.4. The highest BCUT2D eigenvalue weighted by molar-refractivity contribution is 5.93. The number of carbonyl (C=O) groups excluding carboxylic acids is 2. The van der Waals surface area contributed by atoms with E-state index in [2.05, 4.69) is 22.0 Å². The van der Waals surface area contributed by atoms with Crippen LogP contribution in [0.1, 0.15) is 58.8 Å². The highest BCUT2D eigenvalue weighted by atomic mass is 16.6. The Morgan fingerprint density at radius 3 is 2.70 bits per heavy atom. The van der Waals surface area contributed by atoms with Gasteiger partial charge in [0.1, 0.15) is 24.6 Å². The summed E-state index contributed by atoms with van der Waals surface area (Å²) in [6, 6.07) is 3.82. The van der Waals surface area contributed by atoms with Crippen molar-refractivity contribution in [2.45, 2.75) is 59.2 Å². The van der Waals surface area contributed by atoms with E-state index in [0.29, 0.717) is 12.2 Å². The minimum Gasteiger partial charge on any atom is -0.463 e. The quantitative estimate of drug-likeness (QED) is 0.689. The van der Waals surface area contributed by atoms with E-state index in [4.69, 9.17) is 14.7 Å². The van der Waals surface area contributed by atoms with Crippen LogP contribution in [0, 0.1) is 23.7 Å². The third-order valence-corrected chi connectivity index (χ3v) is 4.65.